The number of amides is 2. The first-order chi connectivity index (χ1) is 27.1. The number of hydrogen-bond acceptors (Lipinski definition) is 6. The van der Waals surface area contributed by atoms with Crippen LogP contribution >= 0.6 is 34.8 Å². The number of nitrogens with zero attached hydrogens (tertiary/aromatic N) is 4. The number of nitrogens with one attached hydrogen (secondary N) is 2. The average Bonchev–Trinajstić information content (AvgIpc) is 3.80. The van der Waals surface area contributed by atoms with Gasteiger partial charge in [-0.25, -0.2) is 14.6 Å². The zero-order valence-corrected chi connectivity index (χ0v) is 32.5. The number of cyclic esters (lactones) is 1. The maximum atomic E-state index is 14.8. The van der Waals surface area contributed by atoms with Crippen LogP contribution in [0.25, 0.3) is 33.4 Å². The first-order valence-electron chi connectivity index (χ1n) is 18.3. The summed E-state index contributed by atoms with van der Waals surface area (Å²) in [5, 5.41) is 15.3. The van der Waals surface area contributed by atoms with Crippen LogP contribution in [0.4, 0.5) is 16.2 Å². The van der Waals surface area contributed by atoms with E-state index in [1.807, 2.05) is 54.0 Å². The van der Waals surface area contributed by atoms with Crippen LogP contribution in [0.3, 0.4) is 0 Å². The molecule has 0 aliphatic carbocycles. The van der Waals surface area contributed by atoms with E-state index < -0.39 is 11.9 Å². The number of piperidine rings is 1. The quantitative estimate of drug-likeness (QED) is 0.132. The molecule has 0 bridgehead atoms. The van der Waals surface area contributed by atoms with Gasteiger partial charge in [0.1, 0.15) is 5.69 Å². The number of aromatic carboxylic acids is 1. The lowest BCUT2D eigenvalue weighted by molar-refractivity contribution is 0.0499. The third-order valence-electron chi connectivity index (χ3n) is 10.6. The van der Waals surface area contributed by atoms with Gasteiger partial charge in [-0.05, 0) is 74.2 Å². The maximum Gasteiger partial charge on any atom is 0.410 e. The molecule has 2 amide bonds. The molecular weight excluding hydrogens is 775 g/mol. The van der Waals surface area contributed by atoms with Crippen LogP contribution < -0.4 is 10.2 Å². The van der Waals surface area contributed by atoms with Crippen LogP contribution in [-0.4, -0.2) is 74.8 Å². The van der Waals surface area contributed by atoms with Crippen molar-refractivity contribution in [1.82, 2.24) is 19.4 Å². The monoisotopic (exact) mass is 810 g/mol. The molecule has 3 N–H and O–H groups in total. The summed E-state index contributed by atoms with van der Waals surface area (Å²) in [6.07, 6.45) is 3.63. The third-order valence-corrected chi connectivity index (χ3v) is 11.4. The highest BCUT2D eigenvalue weighted by atomic mass is 35.5. The lowest BCUT2D eigenvalue weighted by Gasteiger charge is -2.40. The number of hydrogen-bond donors (Lipinski definition) is 3. The normalized spacial score (nSPS) is 15.5. The zero-order valence-electron chi connectivity index (χ0n) is 30.3. The Bertz CT molecular complexity index is 2480. The number of imidazole rings is 1. The summed E-state index contributed by atoms with van der Waals surface area (Å²) in [4.78, 5) is 51.7. The summed E-state index contributed by atoms with van der Waals surface area (Å²) in [5.41, 5.74) is 5.40. The van der Waals surface area contributed by atoms with E-state index in [2.05, 4.69) is 15.2 Å². The van der Waals surface area contributed by atoms with Gasteiger partial charge in [0.25, 0.3) is 5.91 Å². The van der Waals surface area contributed by atoms with Gasteiger partial charge >= 0.3 is 12.1 Å². The van der Waals surface area contributed by atoms with Gasteiger partial charge < -0.3 is 34.5 Å². The number of ether oxygens (including phenoxy) is 1. The van der Waals surface area contributed by atoms with Gasteiger partial charge in [0.2, 0.25) is 0 Å². The number of rotatable bonds is 9. The number of aromatic nitrogens is 3. The summed E-state index contributed by atoms with van der Waals surface area (Å²) in [6, 6.07) is 24.9. The molecule has 14 heteroatoms. The molecular formula is C42H37Cl3N6O5. The molecule has 2 fully saturated rings. The number of anilines is 2. The van der Waals surface area contributed by atoms with Crippen molar-refractivity contribution in [3.05, 3.63) is 123 Å². The molecule has 56 heavy (non-hydrogen) atoms. The molecule has 0 saturated carbocycles. The van der Waals surface area contributed by atoms with E-state index in [1.54, 1.807) is 41.6 Å². The van der Waals surface area contributed by atoms with E-state index in [0.29, 0.717) is 88.0 Å². The molecule has 2 aromatic heterocycles. The summed E-state index contributed by atoms with van der Waals surface area (Å²) < 4.78 is 7.28. The van der Waals surface area contributed by atoms with E-state index >= 15 is 0 Å². The predicted molar refractivity (Wildman–Crippen MR) is 220 cm³/mol. The summed E-state index contributed by atoms with van der Waals surface area (Å²) >= 11 is 19.5. The topological polar surface area (TPSA) is 133 Å². The molecule has 11 nitrogen and oxygen atoms in total. The maximum absolute atomic E-state index is 14.8. The zero-order chi connectivity index (χ0) is 39.1. The predicted octanol–water partition coefficient (Wildman–Crippen LogP) is 10.0. The van der Waals surface area contributed by atoms with Crippen molar-refractivity contribution in [1.29, 1.82) is 0 Å². The van der Waals surface area contributed by atoms with E-state index in [1.165, 1.54) is 12.1 Å². The minimum absolute atomic E-state index is 0.0248. The van der Waals surface area contributed by atoms with E-state index in [4.69, 9.17) is 44.5 Å². The molecule has 2 aliphatic rings. The molecule has 0 spiro atoms. The van der Waals surface area contributed by atoms with E-state index in [9.17, 15) is 19.5 Å². The Kier molecular flexibility index (Phi) is 10.4. The van der Waals surface area contributed by atoms with Crippen LogP contribution in [0.5, 0.6) is 0 Å². The summed E-state index contributed by atoms with van der Waals surface area (Å²) in [5.74, 6) is -1.62. The van der Waals surface area contributed by atoms with Crippen LogP contribution in [0.15, 0.2) is 91.3 Å². The van der Waals surface area contributed by atoms with Gasteiger partial charge in [-0.2, -0.15) is 0 Å². The molecule has 6 aromatic rings. The minimum Gasteiger partial charge on any atom is -0.478 e. The van der Waals surface area contributed by atoms with Crippen molar-refractivity contribution < 1.29 is 24.2 Å². The standard InChI is InChI=1S/C42H37Cl3N6O5/c1-24(30-11-9-27(43)21-32(30)45)51-23-46-37(25-6-3-2-4-7-25)39(51)36-31-12-10-28(44)22-33(31)47-38(36)40(52)48-34-20-26(41(53)54)8-13-35(34)49-17-14-29(15-18-49)50-16-5-19-56-42(50)55/h2-4,6-13,20-24,29,47H,5,14-19H2,1H3,(H,48,52)(H,53,54). The lowest BCUT2D eigenvalue weighted by Crippen LogP contribution is -2.50. The van der Waals surface area contributed by atoms with Gasteiger partial charge in [-0.15, -0.1) is 0 Å². The molecule has 4 aromatic carbocycles. The van der Waals surface area contributed by atoms with Crippen molar-refractivity contribution in [3.8, 4) is 22.5 Å². The van der Waals surface area contributed by atoms with Gasteiger partial charge in [0, 0.05) is 62.8 Å². The lowest BCUT2D eigenvalue weighted by atomic mass is 9.99. The van der Waals surface area contributed by atoms with Crippen LogP contribution in [0.1, 0.15) is 58.6 Å². The molecule has 8 rings (SSSR count). The van der Waals surface area contributed by atoms with Crippen LogP contribution in [0, 0.1) is 0 Å². The molecule has 4 heterocycles. The van der Waals surface area contributed by atoms with Crippen molar-refractivity contribution in [2.24, 2.45) is 0 Å². The number of benzene rings is 4. The molecule has 1 unspecified atom stereocenters. The summed E-state index contributed by atoms with van der Waals surface area (Å²) in [7, 11) is 0. The Hall–Kier alpha value is -5.49. The number of aromatic amines is 1. The van der Waals surface area contributed by atoms with Crippen LogP contribution in [-0.2, 0) is 4.74 Å². The fourth-order valence-corrected chi connectivity index (χ4v) is 8.57. The van der Waals surface area contributed by atoms with E-state index in [-0.39, 0.29) is 29.4 Å². The minimum atomic E-state index is -1.12. The fraction of sp³-hybridized carbons (Fsp3) is 0.238. The smallest absolute Gasteiger partial charge is 0.410 e. The van der Waals surface area contributed by atoms with Gasteiger partial charge in [-0.1, -0.05) is 77.3 Å². The molecule has 2 saturated heterocycles. The second-order valence-electron chi connectivity index (χ2n) is 14.0. The van der Waals surface area contributed by atoms with Gasteiger partial charge in [0.15, 0.2) is 0 Å². The van der Waals surface area contributed by atoms with Crippen molar-refractivity contribution >= 4 is 75.1 Å². The Balaban J connectivity index is 1.22. The highest BCUT2D eigenvalue weighted by Gasteiger charge is 2.33. The van der Waals surface area contributed by atoms with Crippen LogP contribution in [0.2, 0.25) is 15.1 Å². The third kappa shape index (κ3) is 7.18. The van der Waals surface area contributed by atoms with Crippen molar-refractivity contribution in [2.45, 2.75) is 38.3 Å². The van der Waals surface area contributed by atoms with Gasteiger partial charge in [-0.3, -0.25) is 4.79 Å². The average molecular weight is 812 g/mol. The first kappa shape index (κ1) is 37.4. The van der Waals surface area contributed by atoms with E-state index in [0.717, 1.165) is 22.9 Å². The number of carbonyl (C=O) groups is 3. The number of halogens is 3. The second kappa shape index (κ2) is 15.6. The Labute approximate surface area is 337 Å². The molecule has 1 atom stereocenters. The number of carbonyl (C=O) groups excluding carboxylic acids is 2. The first-order valence-corrected chi connectivity index (χ1v) is 19.5. The summed E-state index contributed by atoms with van der Waals surface area (Å²) in [6.45, 7) is 4.27. The largest absolute Gasteiger partial charge is 0.478 e. The number of carboxylic acids is 1. The molecule has 0 radical (unpaired) electrons. The number of fused-ring (bicyclic) bond motifs is 1. The molecule has 286 valence electrons. The Morgan fingerprint density at radius 1 is 0.946 bits per heavy atom. The molecule has 2 aliphatic heterocycles. The highest BCUT2D eigenvalue weighted by Crippen LogP contribution is 2.43. The van der Waals surface area contributed by atoms with Gasteiger partial charge in [0.05, 0.1) is 47.3 Å². The highest BCUT2D eigenvalue weighted by molar-refractivity contribution is 6.35. The SMILES string of the molecule is CC(c1ccc(Cl)cc1Cl)n1cnc(-c2ccccc2)c1-c1c(C(=O)Nc2cc(C(=O)O)ccc2N2CCC(N3CCCOC3=O)CC2)[nH]c2cc(Cl)ccc12. The fourth-order valence-electron chi connectivity index (χ4n) is 7.83. The number of H-pyrrole nitrogens is 1. The Morgan fingerprint density at radius 3 is 2.43 bits per heavy atom. The second-order valence-corrected chi connectivity index (χ2v) is 15.3. The van der Waals surface area contributed by atoms with Crippen molar-refractivity contribution in [3.63, 3.8) is 0 Å². The number of carboxylic acid groups (broad SMARTS) is 1. The van der Waals surface area contributed by atoms with Crippen molar-refractivity contribution in [2.75, 3.05) is 36.5 Å². The Morgan fingerprint density at radius 2 is 1.70 bits per heavy atom.